The molecule has 0 aliphatic heterocycles. The van der Waals surface area contributed by atoms with E-state index in [2.05, 4.69) is 0 Å². The fraction of sp³-hybridized carbons (Fsp3) is 0.417. The van der Waals surface area contributed by atoms with Gasteiger partial charge in [-0.1, -0.05) is 29.8 Å². The smallest absolute Gasteiger partial charge is 0.308 e. The van der Waals surface area contributed by atoms with Crippen LogP contribution in [0.1, 0.15) is 17.0 Å². The van der Waals surface area contributed by atoms with Gasteiger partial charge < -0.3 is 5.11 Å². The predicted octanol–water partition coefficient (Wildman–Crippen LogP) is 1.21. The average Bonchev–Trinajstić information content (AvgIpc) is 2.93. The summed E-state index contributed by atoms with van der Waals surface area (Å²) in [5.74, 6) is -2.23. The Labute approximate surface area is 100 Å². The number of hydrogen-bond acceptors (Lipinski definition) is 3. The Morgan fingerprint density at radius 2 is 1.76 bits per heavy atom. The van der Waals surface area contributed by atoms with Crippen molar-refractivity contribution < 1.29 is 18.3 Å². The first-order valence-corrected chi connectivity index (χ1v) is 7.26. The molecule has 0 saturated heterocycles. The van der Waals surface area contributed by atoms with Gasteiger partial charge >= 0.3 is 5.97 Å². The van der Waals surface area contributed by atoms with Crippen LogP contribution in [0.2, 0.25) is 0 Å². The summed E-state index contributed by atoms with van der Waals surface area (Å²) in [5.41, 5.74) is 1.86. The van der Waals surface area contributed by atoms with Gasteiger partial charge in [0.1, 0.15) is 0 Å². The predicted molar refractivity (Wildman–Crippen MR) is 63.7 cm³/mol. The number of carboxylic acid groups (broad SMARTS) is 1. The minimum Gasteiger partial charge on any atom is -0.481 e. The van der Waals surface area contributed by atoms with Gasteiger partial charge in [-0.05, 0) is 12.5 Å². The highest BCUT2D eigenvalue weighted by molar-refractivity contribution is 7.91. The van der Waals surface area contributed by atoms with Crippen LogP contribution in [0, 0.1) is 12.8 Å². The summed E-state index contributed by atoms with van der Waals surface area (Å²) in [5, 5.41) is 8.23. The van der Waals surface area contributed by atoms with E-state index < -0.39 is 32.9 Å². The fourth-order valence-corrected chi connectivity index (χ4v) is 3.88. The van der Waals surface area contributed by atoms with E-state index in [1.807, 2.05) is 19.1 Å². The van der Waals surface area contributed by atoms with Gasteiger partial charge in [0.25, 0.3) is 0 Å². The third-order valence-electron chi connectivity index (χ3n) is 3.20. The lowest BCUT2D eigenvalue weighted by Gasteiger charge is -1.99. The van der Waals surface area contributed by atoms with E-state index in [0.29, 0.717) is 0 Å². The molecule has 2 rings (SSSR count). The van der Waals surface area contributed by atoms with E-state index in [0.717, 1.165) is 17.4 Å². The van der Waals surface area contributed by atoms with E-state index in [1.165, 1.54) is 0 Å². The minimum absolute atomic E-state index is 0.400. The third kappa shape index (κ3) is 2.20. The van der Waals surface area contributed by atoms with Crippen LogP contribution in [-0.2, 0) is 14.6 Å². The van der Waals surface area contributed by atoms with Crippen LogP contribution in [-0.4, -0.2) is 31.0 Å². The molecule has 1 aliphatic rings. The van der Waals surface area contributed by atoms with Gasteiger partial charge in [-0.2, -0.15) is 0 Å². The van der Waals surface area contributed by atoms with E-state index in [-0.39, 0.29) is 0 Å². The third-order valence-corrected chi connectivity index (χ3v) is 4.77. The minimum atomic E-state index is -3.31. The van der Waals surface area contributed by atoms with E-state index in [4.69, 9.17) is 5.11 Å². The molecule has 4 nitrogen and oxygen atoms in total. The summed E-state index contributed by atoms with van der Waals surface area (Å²) in [6.45, 7) is 1.93. The molecule has 3 atom stereocenters. The summed E-state index contributed by atoms with van der Waals surface area (Å²) < 4.78 is 23.0. The summed E-state index contributed by atoms with van der Waals surface area (Å²) in [4.78, 5) is 11.0. The fourth-order valence-electron chi connectivity index (χ4n) is 2.30. The van der Waals surface area contributed by atoms with Gasteiger partial charge in [-0.25, -0.2) is 8.42 Å². The highest BCUT2D eigenvalue weighted by atomic mass is 32.2. The molecule has 1 aliphatic carbocycles. The summed E-state index contributed by atoms with van der Waals surface area (Å²) in [6.07, 6.45) is 1.10. The van der Waals surface area contributed by atoms with E-state index >= 15 is 0 Å². The lowest BCUT2D eigenvalue weighted by atomic mass is 10.1. The molecule has 0 amide bonds. The molecule has 5 heteroatoms. The van der Waals surface area contributed by atoms with Crippen molar-refractivity contribution in [3.8, 4) is 0 Å². The maximum absolute atomic E-state index is 11.5. The molecule has 0 heterocycles. The Morgan fingerprint density at radius 3 is 2.12 bits per heavy atom. The second-order valence-corrected chi connectivity index (χ2v) is 6.80. The van der Waals surface area contributed by atoms with Crippen molar-refractivity contribution in [3.05, 3.63) is 35.4 Å². The standard InChI is InChI=1S/C12H14O4S/c1-7-3-5-8(6-4-7)9-10(12(13)14)11(9)17(2,15)16/h3-6,9-11H,1-2H3,(H,13,14). The molecule has 1 N–H and O–H groups in total. The van der Waals surface area contributed by atoms with Gasteiger partial charge in [0.2, 0.25) is 0 Å². The Morgan fingerprint density at radius 1 is 1.24 bits per heavy atom. The van der Waals surface area contributed by atoms with Crippen molar-refractivity contribution in [1.29, 1.82) is 0 Å². The van der Waals surface area contributed by atoms with Crippen molar-refractivity contribution in [2.75, 3.05) is 6.26 Å². The molecule has 0 spiro atoms. The number of sulfone groups is 1. The van der Waals surface area contributed by atoms with Crippen LogP contribution in [0.5, 0.6) is 0 Å². The molecule has 1 fully saturated rings. The van der Waals surface area contributed by atoms with Gasteiger partial charge in [0.15, 0.2) is 9.84 Å². The Hall–Kier alpha value is -1.36. The van der Waals surface area contributed by atoms with Crippen molar-refractivity contribution >= 4 is 15.8 Å². The van der Waals surface area contributed by atoms with Gasteiger partial charge in [0, 0.05) is 12.2 Å². The van der Waals surface area contributed by atoms with Crippen molar-refractivity contribution in [2.24, 2.45) is 5.92 Å². The van der Waals surface area contributed by atoms with Crippen molar-refractivity contribution in [1.82, 2.24) is 0 Å². The number of rotatable bonds is 3. The second-order valence-electron chi connectivity index (χ2n) is 4.59. The van der Waals surface area contributed by atoms with Crippen LogP contribution in [0.3, 0.4) is 0 Å². The molecule has 1 aromatic carbocycles. The number of benzene rings is 1. The normalized spacial score (nSPS) is 27.8. The molecule has 1 aromatic rings. The molecule has 17 heavy (non-hydrogen) atoms. The molecule has 0 bridgehead atoms. The zero-order valence-electron chi connectivity index (χ0n) is 9.62. The number of aliphatic carboxylic acids is 1. The molecule has 0 radical (unpaired) electrons. The zero-order valence-corrected chi connectivity index (χ0v) is 10.4. The molecule has 92 valence electrons. The van der Waals surface area contributed by atoms with Crippen LogP contribution in [0.25, 0.3) is 0 Å². The first-order valence-electron chi connectivity index (χ1n) is 5.30. The zero-order chi connectivity index (χ0) is 12.8. The van der Waals surface area contributed by atoms with Gasteiger partial charge in [-0.3, -0.25) is 4.79 Å². The lowest BCUT2D eigenvalue weighted by molar-refractivity contribution is -0.138. The number of aryl methyl sites for hydroxylation is 1. The average molecular weight is 254 g/mol. The topological polar surface area (TPSA) is 71.4 Å². The number of carbonyl (C=O) groups is 1. The Balaban J connectivity index is 2.34. The monoisotopic (exact) mass is 254 g/mol. The highest BCUT2D eigenvalue weighted by Gasteiger charge is 2.61. The molecule has 0 aromatic heterocycles. The largest absolute Gasteiger partial charge is 0.481 e. The van der Waals surface area contributed by atoms with Gasteiger partial charge in [0.05, 0.1) is 11.2 Å². The molecule has 3 unspecified atom stereocenters. The first kappa shape index (κ1) is 12.1. The van der Waals surface area contributed by atoms with Crippen molar-refractivity contribution in [3.63, 3.8) is 0 Å². The maximum atomic E-state index is 11.5. The quantitative estimate of drug-likeness (QED) is 0.880. The van der Waals surface area contributed by atoms with Crippen LogP contribution in [0.4, 0.5) is 0 Å². The highest BCUT2D eigenvalue weighted by Crippen LogP contribution is 2.52. The SMILES string of the molecule is Cc1ccc(C2C(C(=O)O)C2S(C)(=O)=O)cc1. The van der Waals surface area contributed by atoms with E-state index in [9.17, 15) is 13.2 Å². The lowest BCUT2D eigenvalue weighted by Crippen LogP contribution is -2.10. The Bertz CT molecular complexity index is 544. The van der Waals surface area contributed by atoms with E-state index in [1.54, 1.807) is 12.1 Å². The summed E-state index contributed by atoms with van der Waals surface area (Å²) >= 11 is 0. The summed E-state index contributed by atoms with van der Waals surface area (Å²) in [7, 11) is -3.31. The second kappa shape index (κ2) is 3.84. The summed E-state index contributed by atoms with van der Waals surface area (Å²) in [6, 6.07) is 7.35. The molecule has 1 saturated carbocycles. The van der Waals surface area contributed by atoms with Crippen LogP contribution in [0.15, 0.2) is 24.3 Å². The Kier molecular flexibility index (Phi) is 2.73. The number of carboxylic acids is 1. The van der Waals surface area contributed by atoms with Crippen LogP contribution >= 0.6 is 0 Å². The molecular weight excluding hydrogens is 240 g/mol. The van der Waals surface area contributed by atoms with Crippen LogP contribution < -0.4 is 0 Å². The molecular formula is C12H14O4S. The maximum Gasteiger partial charge on any atom is 0.308 e. The first-order chi connectivity index (χ1) is 7.82. The number of hydrogen-bond donors (Lipinski definition) is 1. The van der Waals surface area contributed by atoms with Gasteiger partial charge in [-0.15, -0.1) is 0 Å². The van der Waals surface area contributed by atoms with Crippen molar-refractivity contribution in [2.45, 2.75) is 18.1 Å².